The summed E-state index contributed by atoms with van der Waals surface area (Å²) in [5.41, 5.74) is 9.67. The van der Waals surface area contributed by atoms with Crippen LogP contribution in [0.4, 0.5) is 0 Å². The summed E-state index contributed by atoms with van der Waals surface area (Å²) in [6, 6.07) is 59.9. The van der Waals surface area contributed by atoms with Crippen molar-refractivity contribution >= 4 is 83.7 Å². The molecule has 3 aromatic heterocycles. The SMILES string of the molecule is C=N/C(=C\C(=N/Cn1c2ccccc2c2ccc3c4ccccc4n(-c4ccccc4)c3c21)n1c2ccccc2c2ccccc21)c1ccccc1. The topological polar surface area (TPSA) is 39.5 Å². The third-order valence-electron chi connectivity index (χ3n) is 10.3. The van der Waals surface area contributed by atoms with Gasteiger partial charge in [0.25, 0.3) is 0 Å². The summed E-state index contributed by atoms with van der Waals surface area (Å²) in [4.78, 5) is 10.1. The number of hydrogen-bond donors (Lipinski definition) is 0. The van der Waals surface area contributed by atoms with Crippen molar-refractivity contribution in [2.45, 2.75) is 6.67 Å². The minimum atomic E-state index is 0.380. The van der Waals surface area contributed by atoms with E-state index in [0.29, 0.717) is 6.67 Å². The number of hydrogen-bond acceptors (Lipinski definition) is 2. The van der Waals surface area contributed by atoms with Gasteiger partial charge in [0.2, 0.25) is 0 Å². The summed E-state index contributed by atoms with van der Waals surface area (Å²) < 4.78 is 7.06. The van der Waals surface area contributed by atoms with Crippen LogP contribution in [0.15, 0.2) is 186 Å². The molecule has 0 unspecified atom stereocenters. The highest BCUT2D eigenvalue weighted by atomic mass is 15.2. The number of para-hydroxylation sites is 5. The Hall–Kier alpha value is -6.98. The zero-order chi connectivity index (χ0) is 34.6. The lowest BCUT2D eigenvalue weighted by molar-refractivity contribution is 0.789. The molecule has 246 valence electrons. The Labute approximate surface area is 300 Å². The molecule has 0 aliphatic carbocycles. The van der Waals surface area contributed by atoms with E-state index in [1.807, 2.05) is 18.2 Å². The lowest BCUT2D eigenvalue weighted by atomic mass is 10.1. The second kappa shape index (κ2) is 12.1. The molecule has 10 rings (SSSR count). The number of nitrogens with zero attached hydrogens (tertiary/aromatic N) is 5. The lowest BCUT2D eigenvalue weighted by Gasteiger charge is -2.13. The predicted molar refractivity (Wildman–Crippen MR) is 220 cm³/mol. The number of aromatic nitrogens is 3. The molecule has 0 N–H and O–H groups in total. The molecule has 10 aromatic rings. The minimum absolute atomic E-state index is 0.380. The van der Waals surface area contributed by atoms with Crippen LogP contribution in [0.5, 0.6) is 0 Å². The van der Waals surface area contributed by atoms with Gasteiger partial charge in [0, 0.05) is 49.6 Å². The third-order valence-corrected chi connectivity index (χ3v) is 10.3. The van der Waals surface area contributed by atoms with Gasteiger partial charge in [0.1, 0.15) is 12.5 Å². The van der Waals surface area contributed by atoms with Gasteiger partial charge in [-0.2, -0.15) is 0 Å². The first-order chi connectivity index (χ1) is 25.8. The van der Waals surface area contributed by atoms with Crippen molar-refractivity contribution in [1.82, 2.24) is 13.7 Å². The molecule has 0 saturated heterocycles. The van der Waals surface area contributed by atoms with Crippen molar-refractivity contribution in [3.05, 3.63) is 181 Å². The van der Waals surface area contributed by atoms with Crippen molar-refractivity contribution < 1.29 is 0 Å². The third kappa shape index (κ3) is 4.56. The van der Waals surface area contributed by atoms with Crippen LogP contribution in [0, 0.1) is 0 Å². The van der Waals surface area contributed by atoms with E-state index in [1.54, 1.807) is 0 Å². The predicted octanol–water partition coefficient (Wildman–Crippen LogP) is 11.6. The van der Waals surface area contributed by atoms with Crippen molar-refractivity contribution in [3.63, 3.8) is 0 Å². The van der Waals surface area contributed by atoms with E-state index in [-0.39, 0.29) is 0 Å². The molecule has 0 aliphatic rings. The van der Waals surface area contributed by atoms with Crippen molar-refractivity contribution in [2.75, 3.05) is 0 Å². The highest BCUT2D eigenvalue weighted by Gasteiger charge is 2.21. The molecule has 0 amide bonds. The fourth-order valence-electron chi connectivity index (χ4n) is 8.02. The standard InChI is InChI=1S/C47H33N5/c1-48-40(32-16-4-2-5-17-32)30-45(52-43-26-14-9-20-34(43)35-21-10-15-27-44(35)52)49-31-50-41-24-12-8-22-36(41)38-28-29-39-37-23-11-13-25-42(37)51(47(39)46(38)50)33-18-6-3-7-19-33/h2-30H,1,31H2/b40-30-,49-45+. The highest BCUT2D eigenvalue weighted by molar-refractivity contribution is 6.23. The molecule has 0 spiro atoms. The van der Waals surface area contributed by atoms with Crippen LogP contribution in [0.1, 0.15) is 5.56 Å². The van der Waals surface area contributed by atoms with Crippen LogP contribution >= 0.6 is 0 Å². The molecular formula is C47H33N5. The first kappa shape index (κ1) is 29.9. The first-order valence-corrected chi connectivity index (χ1v) is 17.6. The Balaban J connectivity index is 1.30. The van der Waals surface area contributed by atoms with Crippen LogP contribution in [-0.2, 0) is 6.67 Å². The lowest BCUT2D eigenvalue weighted by Crippen LogP contribution is -2.12. The Morgan fingerprint density at radius 1 is 0.481 bits per heavy atom. The van der Waals surface area contributed by atoms with E-state index in [2.05, 4.69) is 183 Å². The zero-order valence-corrected chi connectivity index (χ0v) is 28.4. The van der Waals surface area contributed by atoms with Gasteiger partial charge in [0.05, 0.1) is 38.8 Å². The van der Waals surface area contributed by atoms with Crippen molar-refractivity contribution in [2.24, 2.45) is 9.98 Å². The van der Waals surface area contributed by atoms with Crippen LogP contribution in [0.25, 0.3) is 76.8 Å². The maximum Gasteiger partial charge on any atom is 0.136 e. The normalized spacial score (nSPS) is 12.6. The van der Waals surface area contributed by atoms with Gasteiger partial charge < -0.3 is 9.13 Å². The highest BCUT2D eigenvalue weighted by Crippen LogP contribution is 2.40. The number of fused-ring (bicyclic) bond motifs is 10. The minimum Gasteiger partial charge on any atom is -0.318 e. The summed E-state index contributed by atoms with van der Waals surface area (Å²) in [6.07, 6.45) is 2.08. The molecule has 0 atom stereocenters. The van der Waals surface area contributed by atoms with E-state index >= 15 is 0 Å². The van der Waals surface area contributed by atoms with Crippen molar-refractivity contribution in [1.29, 1.82) is 0 Å². The quantitative estimate of drug-likeness (QED) is 0.125. The summed E-state index contributed by atoms with van der Waals surface area (Å²) in [5.74, 6) is 0.783. The van der Waals surface area contributed by atoms with Gasteiger partial charge in [-0.1, -0.05) is 133 Å². The van der Waals surface area contributed by atoms with E-state index in [0.717, 1.165) is 44.9 Å². The van der Waals surface area contributed by atoms with E-state index in [1.165, 1.54) is 43.4 Å². The largest absolute Gasteiger partial charge is 0.318 e. The summed E-state index contributed by atoms with van der Waals surface area (Å²) >= 11 is 0. The molecule has 0 saturated carbocycles. The fraction of sp³-hybridized carbons (Fsp3) is 0.0213. The van der Waals surface area contributed by atoms with Crippen LogP contribution in [-0.4, -0.2) is 26.3 Å². The molecule has 5 heteroatoms. The summed E-state index contributed by atoms with van der Waals surface area (Å²) in [6.45, 7) is 4.37. The molecule has 52 heavy (non-hydrogen) atoms. The second-order valence-corrected chi connectivity index (χ2v) is 13.1. The number of allylic oxidation sites excluding steroid dienone is 1. The number of rotatable bonds is 6. The van der Waals surface area contributed by atoms with Gasteiger partial charge in [-0.25, -0.2) is 4.99 Å². The molecular weight excluding hydrogens is 635 g/mol. The Bertz CT molecular complexity index is 2990. The first-order valence-electron chi connectivity index (χ1n) is 17.6. The molecule has 7 aromatic carbocycles. The fourth-order valence-corrected chi connectivity index (χ4v) is 8.02. The maximum absolute atomic E-state index is 5.55. The van der Waals surface area contributed by atoms with Gasteiger partial charge in [-0.3, -0.25) is 9.56 Å². The molecule has 0 aliphatic heterocycles. The number of benzene rings is 7. The maximum atomic E-state index is 5.55. The van der Waals surface area contributed by atoms with Crippen molar-refractivity contribution in [3.8, 4) is 5.69 Å². The van der Waals surface area contributed by atoms with E-state index < -0.39 is 0 Å². The molecule has 0 bridgehead atoms. The van der Waals surface area contributed by atoms with Gasteiger partial charge >= 0.3 is 0 Å². The number of aliphatic imine (C=N–C) groups is 2. The van der Waals surface area contributed by atoms with E-state index in [9.17, 15) is 0 Å². The molecule has 0 fully saturated rings. The van der Waals surface area contributed by atoms with Gasteiger partial charge in [0.15, 0.2) is 0 Å². The van der Waals surface area contributed by atoms with Crippen LogP contribution < -0.4 is 0 Å². The molecule has 3 heterocycles. The molecule has 5 nitrogen and oxygen atoms in total. The summed E-state index contributed by atoms with van der Waals surface area (Å²) in [5, 5.41) is 7.19. The Morgan fingerprint density at radius 2 is 0.962 bits per heavy atom. The van der Waals surface area contributed by atoms with Crippen LogP contribution in [0.2, 0.25) is 0 Å². The average Bonchev–Trinajstić information content (AvgIpc) is 3.85. The Kier molecular flexibility index (Phi) is 6.96. The average molecular weight is 668 g/mol. The van der Waals surface area contributed by atoms with E-state index in [4.69, 9.17) is 4.99 Å². The van der Waals surface area contributed by atoms with Crippen LogP contribution in [0.3, 0.4) is 0 Å². The van der Waals surface area contributed by atoms with Gasteiger partial charge in [-0.05, 0) is 43.1 Å². The monoisotopic (exact) mass is 667 g/mol. The zero-order valence-electron chi connectivity index (χ0n) is 28.4. The second-order valence-electron chi connectivity index (χ2n) is 13.1. The summed E-state index contributed by atoms with van der Waals surface area (Å²) in [7, 11) is 0. The molecule has 0 radical (unpaired) electrons. The smallest absolute Gasteiger partial charge is 0.136 e. The van der Waals surface area contributed by atoms with Gasteiger partial charge in [-0.15, -0.1) is 0 Å². The Morgan fingerprint density at radius 3 is 1.58 bits per heavy atom.